The Morgan fingerprint density at radius 2 is 2.43 bits per heavy atom. The number of nitrogens with zero attached hydrogens (tertiary/aromatic N) is 3. The summed E-state index contributed by atoms with van der Waals surface area (Å²) in [5, 5.41) is 2.90. The van der Waals surface area contributed by atoms with Crippen LogP contribution in [0.2, 0.25) is 0 Å². The third-order valence-corrected chi connectivity index (χ3v) is 2.05. The SMILES string of the molecule is O=C1CNCCN1C(=O)n1ccnc1. The van der Waals surface area contributed by atoms with Crippen LogP contribution in [0.25, 0.3) is 0 Å². The van der Waals surface area contributed by atoms with E-state index in [0.717, 1.165) is 0 Å². The van der Waals surface area contributed by atoms with Crippen molar-refractivity contribution < 1.29 is 9.59 Å². The molecule has 6 heteroatoms. The van der Waals surface area contributed by atoms with E-state index in [1.54, 1.807) is 0 Å². The quantitative estimate of drug-likeness (QED) is 0.592. The van der Waals surface area contributed by atoms with Crippen LogP contribution in [0.4, 0.5) is 4.79 Å². The lowest BCUT2D eigenvalue weighted by atomic mass is 10.4. The van der Waals surface area contributed by atoms with Gasteiger partial charge < -0.3 is 5.32 Å². The zero-order valence-electron chi connectivity index (χ0n) is 7.51. The Balaban J connectivity index is 2.14. The van der Waals surface area contributed by atoms with E-state index >= 15 is 0 Å². The summed E-state index contributed by atoms with van der Waals surface area (Å²) in [6.07, 6.45) is 4.42. The molecule has 1 aromatic heterocycles. The molecule has 0 bridgehead atoms. The average molecular weight is 194 g/mol. The van der Waals surface area contributed by atoms with Crippen molar-refractivity contribution >= 4 is 11.9 Å². The molecule has 0 aliphatic carbocycles. The number of amides is 2. The van der Waals surface area contributed by atoms with Crippen molar-refractivity contribution in [3.05, 3.63) is 18.7 Å². The van der Waals surface area contributed by atoms with Gasteiger partial charge >= 0.3 is 6.03 Å². The molecule has 0 spiro atoms. The molecule has 0 aromatic carbocycles. The summed E-state index contributed by atoms with van der Waals surface area (Å²) >= 11 is 0. The molecular weight excluding hydrogens is 184 g/mol. The highest BCUT2D eigenvalue weighted by Gasteiger charge is 2.24. The molecule has 2 amide bonds. The van der Waals surface area contributed by atoms with Gasteiger partial charge in [-0.2, -0.15) is 0 Å². The Bertz CT molecular complexity index is 346. The molecule has 0 unspecified atom stereocenters. The Morgan fingerprint density at radius 3 is 3.07 bits per heavy atom. The van der Waals surface area contributed by atoms with Gasteiger partial charge in [-0.15, -0.1) is 0 Å². The van der Waals surface area contributed by atoms with Gasteiger partial charge in [-0.25, -0.2) is 9.78 Å². The van der Waals surface area contributed by atoms with Crippen molar-refractivity contribution in [2.75, 3.05) is 19.6 Å². The Kier molecular flexibility index (Phi) is 2.28. The van der Waals surface area contributed by atoms with E-state index in [4.69, 9.17) is 0 Å². The first-order valence-electron chi connectivity index (χ1n) is 4.32. The van der Waals surface area contributed by atoms with Crippen molar-refractivity contribution in [3.8, 4) is 0 Å². The molecule has 1 saturated heterocycles. The van der Waals surface area contributed by atoms with Crippen molar-refractivity contribution in [1.82, 2.24) is 19.8 Å². The second-order valence-electron chi connectivity index (χ2n) is 2.97. The molecule has 1 aliphatic rings. The minimum absolute atomic E-state index is 0.199. The number of hydrogen-bond donors (Lipinski definition) is 1. The van der Waals surface area contributed by atoms with Crippen molar-refractivity contribution in [3.63, 3.8) is 0 Å². The lowest BCUT2D eigenvalue weighted by Gasteiger charge is -2.25. The third-order valence-electron chi connectivity index (χ3n) is 2.05. The summed E-state index contributed by atoms with van der Waals surface area (Å²) < 4.78 is 1.29. The first-order chi connectivity index (χ1) is 6.79. The normalized spacial score (nSPS) is 17.1. The van der Waals surface area contributed by atoms with Gasteiger partial charge in [-0.05, 0) is 0 Å². The summed E-state index contributed by atoms with van der Waals surface area (Å²) in [7, 11) is 0. The fraction of sp³-hybridized carbons (Fsp3) is 0.375. The number of aromatic nitrogens is 2. The van der Waals surface area contributed by atoms with E-state index in [9.17, 15) is 9.59 Å². The van der Waals surface area contributed by atoms with Gasteiger partial charge in [-0.3, -0.25) is 14.3 Å². The molecule has 0 saturated carbocycles. The van der Waals surface area contributed by atoms with Crippen LogP contribution < -0.4 is 5.32 Å². The van der Waals surface area contributed by atoms with Gasteiger partial charge in [0.1, 0.15) is 6.33 Å². The minimum atomic E-state index is -0.339. The monoisotopic (exact) mass is 194 g/mol. The van der Waals surface area contributed by atoms with Crippen LogP contribution in [0, 0.1) is 0 Å². The number of imidazole rings is 1. The lowest BCUT2D eigenvalue weighted by molar-refractivity contribution is -0.128. The average Bonchev–Trinajstić information content (AvgIpc) is 2.70. The maximum absolute atomic E-state index is 11.7. The topological polar surface area (TPSA) is 67.2 Å². The highest BCUT2D eigenvalue weighted by atomic mass is 16.2. The van der Waals surface area contributed by atoms with Crippen molar-refractivity contribution in [1.29, 1.82) is 0 Å². The van der Waals surface area contributed by atoms with Crippen molar-refractivity contribution in [2.45, 2.75) is 0 Å². The van der Waals surface area contributed by atoms with E-state index in [2.05, 4.69) is 10.3 Å². The standard InChI is InChI=1S/C8H10N4O2/c13-7-5-9-2-4-12(7)8(14)11-3-1-10-6-11/h1,3,6,9H,2,4-5H2. The van der Waals surface area contributed by atoms with E-state index in [1.165, 1.54) is 28.2 Å². The second kappa shape index (κ2) is 3.59. The highest BCUT2D eigenvalue weighted by molar-refractivity contribution is 5.96. The first-order valence-corrected chi connectivity index (χ1v) is 4.32. The Hall–Kier alpha value is -1.69. The van der Waals surface area contributed by atoms with E-state index in [-0.39, 0.29) is 18.5 Å². The predicted molar refractivity (Wildman–Crippen MR) is 47.6 cm³/mol. The molecule has 2 rings (SSSR count). The predicted octanol–water partition coefficient (Wildman–Crippen LogP) is -0.717. The molecule has 2 heterocycles. The first kappa shape index (κ1) is 8.89. The van der Waals surface area contributed by atoms with Crippen LogP contribution >= 0.6 is 0 Å². The zero-order valence-corrected chi connectivity index (χ0v) is 7.51. The van der Waals surface area contributed by atoms with Gasteiger partial charge in [0.2, 0.25) is 5.91 Å². The number of carbonyl (C=O) groups excluding carboxylic acids is 2. The molecule has 1 N–H and O–H groups in total. The third kappa shape index (κ3) is 1.51. The minimum Gasteiger partial charge on any atom is -0.307 e. The molecule has 74 valence electrons. The maximum Gasteiger partial charge on any atom is 0.336 e. The molecule has 14 heavy (non-hydrogen) atoms. The van der Waals surface area contributed by atoms with Gasteiger partial charge in [0, 0.05) is 25.5 Å². The molecule has 0 atom stereocenters. The molecule has 1 aromatic rings. The van der Waals surface area contributed by atoms with Crippen LogP contribution in [0.5, 0.6) is 0 Å². The van der Waals surface area contributed by atoms with E-state index in [1.807, 2.05) is 0 Å². The van der Waals surface area contributed by atoms with Crippen LogP contribution in [-0.4, -0.2) is 46.0 Å². The second-order valence-corrected chi connectivity index (χ2v) is 2.97. The summed E-state index contributed by atoms with van der Waals surface area (Å²) in [4.78, 5) is 28.0. The van der Waals surface area contributed by atoms with Crippen LogP contribution in [0.1, 0.15) is 0 Å². The summed E-state index contributed by atoms with van der Waals surface area (Å²) in [5.41, 5.74) is 0. The smallest absolute Gasteiger partial charge is 0.307 e. The maximum atomic E-state index is 11.7. The fourth-order valence-corrected chi connectivity index (χ4v) is 1.32. The van der Waals surface area contributed by atoms with E-state index in [0.29, 0.717) is 13.1 Å². The van der Waals surface area contributed by atoms with E-state index < -0.39 is 0 Å². The van der Waals surface area contributed by atoms with Gasteiger partial charge in [0.15, 0.2) is 0 Å². The largest absolute Gasteiger partial charge is 0.336 e. The molecule has 1 fully saturated rings. The molecular formula is C8H10N4O2. The lowest BCUT2D eigenvalue weighted by Crippen LogP contribution is -2.51. The number of rotatable bonds is 0. The highest BCUT2D eigenvalue weighted by Crippen LogP contribution is 1.99. The molecule has 0 radical (unpaired) electrons. The Morgan fingerprint density at radius 1 is 1.57 bits per heavy atom. The van der Waals surface area contributed by atoms with Gasteiger partial charge in [0.05, 0.1) is 6.54 Å². The fourth-order valence-electron chi connectivity index (χ4n) is 1.32. The van der Waals surface area contributed by atoms with Crippen molar-refractivity contribution in [2.24, 2.45) is 0 Å². The summed E-state index contributed by atoms with van der Waals surface area (Å²) in [6.45, 7) is 1.28. The number of imide groups is 1. The van der Waals surface area contributed by atoms with Crippen LogP contribution in [-0.2, 0) is 4.79 Å². The van der Waals surface area contributed by atoms with Gasteiger partial charge in [0.25, 0.3) is 0 Å². The number of carbonyl (C=O) groups is 2. The van der Waals surface area contributed by atoms with Gasteiger partial charge in [-0.1, -0.05) is 0 Å². The summed E-state index contributed by atoms with van der Waals surface area (Å²) in [5.74, 6) is -0.199. The Labute approximate surface area is 80.5 Å². The number of piperazine rings is 1. The zero-order chi connectivity index (χ0) is 9.97. The molecule has 6 nitrogen and oxygen atoms in total. The molecule has 1 aliphatic heterocycles. The van der Waals surface area contributed by atoms with Crippen LogP contribution in [0.15, 0.2) is 18.7 Å². The number of hydrogen-bond acceptors (Lipinski definition) is 4. The summed E-state index contributed by atoms with van der Waals surface area (Å²) in [6, 6.07) is -0.339. The van der Waals surface area contributed by atoms with Crippen LogP contribution in [0.3, 0.4) is 0 Å². The number of nitrogens with one attached hydrogen (secondary N) is 1.